The van der Waals surface area contributed by atoms with Crippen LogP contribution in [0.5, 0.6) is 0 Å². The van der Waals surface area contributed by atoms with Crippen molar-refractivity contribution in [3.05, 3.63) is 65.0 Å². The summed E-state index contributed by atoms with van der Waals surface area (Å²) in [7, 11) is 1.64. The molecule has 0 aliphatic rings. The molecular formula is C20H24N4O3. The largest absolute Gasteiger partial charge is 0.444 e. The molecule has 1 unspecified atom stereocenters. The van der Waals surface area contributed by atoms with Crippen molar-refractivity contribution >= 4 is 11.7 Å². The Kier molecular flexibility index (Phi) is 4.78. The summed E-state index contributed by atoms with van der Waals surface area (Å²) in [6.45, 7) is 7.27. The van der Waals surface area contributed by atoms with E-state index in [1.54, 1.807) is 25.4 Å². The fraction of sp³-hybridized carbons (Fsp3) is 0.350. The van der Waals surface area contributed by atoms with Crippen LogP contribution in [0.3, 0.4) is 0 Å². The van der Waals surface area contributed by atoms with Gasteiger partial charge < -0.3 is 9.64 Å². The lowest BCUT2D eigenvalue weighted by atomic mass is 10.2. The minimum Gasteiger partial charge on any atom is -0.444 e. The Morgan fingerprint density at radius 1 is 1.15 bits per heavy atom. The number of nitrogens with zero attached hydrogens (tertiary/aromatic N) is 4. The molecule has 0 radical (unpaired) electrons. The molecule has 1 aromatic carbocycles. The molecule has 2 aromatic heterocycles. The molecule has 7 nitrogen and oxygen atoms in total. The number of hydrogen-bond acceptors (Lipinski definition) is 4. The van der Waals surface area contributed by atoms with Crippen LogP contribution in [0.4, 0.5) is 4.79 Å². The molecule has 0 bridgehead atoms. The van der Waals surface area contributed by atoms with Crippen molar-refractivity contribution in [1.29, 1.82) is 0 Å². The number of fused-ring (bicyclic) bond motifs is 1. The Hall–Kier alpha value is -3.09. The molecule has 0 aliphatic heterocycles. The second-order valence-electron chi connectivity index (χ2n) is 7.43. The number of carbonyl (C=O) groups is 1. The third-order valence-corrected chi connectivity index (χ3v) is 4.23. The molecule has 0 spiro atoms. The van der Waals surface area contributed by atoms with E-state index in [-0.39, 0.29) is 5.69 Å². The zero-order valence-electron chi connectivity index (χ0n) is 16.2. The predicted molar refractivity (Wildman–Crippen MR) is 103 cm³/mol. The summed E-state index contributed by atoms with van der Waals surface area (Å²) in [6, 6.07) is 12.3. The number of aromatic nitrogens is 3. The number of carbonyl (C=O) groups excluding carboxylic acids is 1. The van der Waals surface area contributed by atoms with Gasteiger partial charge in [0, 0.05) is 13.2 Å². The van der Waals surface area contributed by atoms with E-state index in [9.17, 15) is 9.59 Å². The van der Waals surface area contributed by atoms with Crippen LogP contribution in [0, 0.1) is 0 Å². The van der Waals surface area contributed by atoms with Gasteiger partial charge in [-0.25, -0.2) is 19.1 Å². The number of ether oxygens (including phenoxy) is 1. The molecule has 27 heavy (non-hydrogen) atoms. The Morgan fingerprint density at radius 2 is 1.81 bits per heavy atom. The molecule has 1 atom stereocenters. The number of rotatable bonds is 3. The van der Waals surface area contributed by atoms with Crippen LogP contribution < -0.4 is 5.69 Å². The summed E-state index contributed by atoms with van der Waals surface area (Å²) in [6.07, 6.45) is 1.20. The summed E-state index contributed by atoms with van der Waals surface area (Å²) in [4.78, 5) is 31.7. The third-order valence-electron chi connectivity index (χ3n) is 4.23. The third kappa shape index (κ3) is 3.72. The van der Waals surface area contributed by atoms with Gasteiger partial charge in [0.25, 0.3) is 0 Å². The topological polar surface area (TPSA) is 68.8 Å². The number of para-hydroxylation sites is 1. The summed E-state index contributed by atoms with van der Waals surface area (Å²) in [5, 5.41) is 0. The fourth-order valence-electron chi connectivity index (χ4n) is 2.76. The first-order chi connectivity index (χ1) is 12.7. The molecule has 0 saturated heterocycles. The van der Waals surface area contributed by atoms with E-state index in [4.69, 9.17) is 4.74 Å². The van der Waals surface area contributed by atoms with Crippen LogP contribution in [0.1, 0.15) is 39.6 Å². The van der Waals surface area contributed by atoms with Crippen molar-refractivity contribution in [3.8, 4) is 5.69 Å². The summed E-state index contributed by atoms with van der Waals surface area (Å²) in [5.74, 6) is 0.464. The molecule has 3 aromatic rings. The number of hydrogen-bond donors (Lipinski definition) is 0. The van der Waals surface area contributed by atoms with Gasteiger partial charge in [0.15, 0.2) is 0 Å². The monoisotopic (exact) mass is 368 g/mol. The van der Waals surface area contributed by atoms with Gasteiger partial charge in [-0.2, -0.15) is 0 Å². The Bertz CT molecular complexity index is 1020. The van der Waals surface area contributed by atoms with Gasteiger partial charge in [0.05, 0.1) is 11.7 Å². The zero-order valence-corrected chi connectivity index (χ0v) is 16.2. The standard InChI is InChI=1S/C20H24N4O3/c1-14(22(5)19(26)27-20(2,3)4)17-21-16-12-9-13-23(16)18(25)24(17)15-10-7-6-8-11-15/h6-14H,1-5H3. The molecule has 1 amide bonds. The maximum atomic E-state index is 13.1. The van der Waals surface area contributed by atoms with Crippen molar-refractivity contribution in [1.82, 2.24) is 18.9 Å². The smallest absolute Gasteiger partial charge is 0.410 e. The predicted octanol–water partition coefficient (Wildman–Crippen LogP) is 3.41. The van der Waals surface area contributed by atoms with Crippen LogP contribution in [-0.4, -0.2) is 37.6 Å². The van der Waals surface area contributed by atoms with Crippen LogP contribution in [0.15, 0.2) is 53.5 Å². The van der Waals surface area contributed by atoms with Crippen molar-refractivity contribution in [2.45, 2.75) is 39.3 Å². The van der Waals surface area contributed by atoms with Gasteiger partial charge in [-0.15, -0.1) is 0 Å². The average molecular weight is 368 g/mol. The molecule has 142 valence electrons. The molecule has 3 rings (SSSR count). The molecule has 2 heterocycles. The lowest BCUT2D eigenvalue weighted by molar-refractivity contribution is 0.0225. The fourth-order valence-corrected chi connectivity index (χ4v) is 2.76. The summed E-state index contributed by atoms with van der Waals surface area (Å²) < 4.78 is 8.47. The first kappa shape index (κ1) is 18.7. The lowest BCUT2D eigenvalue weighted by Gasteiger charge is -2.29. The molecular weight excluding hydrogens is 344 g/mol. The van der Waals surface area contributed by atoms with E-state index in [0.717, 1.165) is 0 Å². The summed E-state index contributed by atoms with van der Waals surface area (Å²) in [5.41, 5.74) is 0.371. The molecule has 7 heteroatoms. The highest BCUT2D eigenvalue weighted by Gasteiger charge is 2.27. The summed E-state index contributed by atoms with van der Waals surface area (Å²) >= 11 is 0. The van der Waals surface area contributed by atoms with Crippen LogP contribution in [-0.2, 0) is 4.74 Å². The maximum absolute atomic E-state index is 13.1. The normalized spacial score (nSPS) is 12.8. The van der Waals surface area contributed by atoms with Crippen LogP contribution in [0.25, 0.3) is 11.3 Å². The number of amides is 1. The van der Waals surface area contributed by atoms with E-state index < -0.39 is 17.7 Å². The van der Waals surface area contributed by atoms with Crippen molar-refractivity contribution in [2.24, 2.45) is 0 Å². The van der Waals surface area contributed by atoms with Crippen molar-refractivity contribution in [2.75, 3.05) is 7.05 Å². The van der Waals surface area contributed by atoms with Gasteiger partial charge in [-0.3, -0.25) is 4.40 Å². The van der Waals surface area contributed by atoms with Gasteiger partial charge in [-0.1, -0.05) is 18.2 Å². The highest BCUT2D eigenvalue weighted by Crippen LogP contribution is 2.22. The second kappa shape index (κ2) is 6.90. The molecule has 0 saturated carbocycles. The van der Waals surface area contributed by atoms with E-state index in [0.29, 0.717) is 17.2 Å². The van der Waals surface area contributed by atoms with E-state index in [2.05, 4.69) is 4.98 Å². The highest BCUT2D eigenvalue weighted by atomic mass is 16.6. The lowest BCUT2D eigenvalue weighted by Crippen LogP contribution is -2.39. The van der Waals surface area contributed by atoms with Crippen molar-refractivity contribution < 1.29 is 9.53 Å². The Labute approximate surface area is 157 Å². The Balaban J connectivity index is 2.12. The first-order valence-corrected chi connectivity index (χ1v) is 8.80. The highest BCUT2D eigenvalue weighted by molar-refractivity contribution is 5.68. The van der Waals surface area contributed by atoms with Crippen molar-refractivity contribution in [3.63, 3.8) is 0 Å². The average Bonchev–Trinajstić information content (AvgIpc) is 3.08. The van der Waals surface area contributed by atoms with Gasteiger partial charge in [0.2, 0.25) is 0 Å². The van der Waals surface area contributed by atoms with E-state index in [1.165, 1.54) is 13.9 Å². The quantitative estimate of drug-likeness (QED) is 0.710. The first-order valence-electron chi connectivity index (χ1n) is 8.80. The SMILES string of the molecule is CC(c1nc2cccn2c(=O)n1-c1ccccc1)N(C)C(=O)OC(C)(C)C. The van der Waals surface area contributed by atoms with E-state index >= 15 is 0 Å². The van der Waals surface area contributed by atoms with Crippen LogP contribution >= 0.6 is 0 Å². The second-order valence-corrected chi connectivity index (χ2v) is 7.43. The zero-order chi connectivity index (χ0) is 19.8. The van der Waals surface area contributed by atoms with E-state index in [1.807, 2.05) is 58.0 Å². The number of benzene rings is 1. The molecule has 0 N–H and O–H groups in total. The van der Waals surface area contributed by atoms with Gasteiger partial charge in [0.1, 0.15) is 17.1 Å². The minimum atomic E-state index is -0.608. The van der Waals surface area contributed by atoms with Gasteiger partial charge >= 0.3 is 11.8 Å². The maximum Gasteiger partial charge on any atom is 0.410 e. The van der Waals surface area contributed by atoms with Gasteiger partial charge in [-0.05, 0) is 52.0 Å². The molecule has 0 aliphatic carbocycles. The molecule has 0 fully saturated rings. The Morgan fingerprint density at radius 3 is 2.44 bits per heavy atom. The van der Waals surface area contributed by atoms with Crippen LogP contribution in [0.2, 0.25) is 0 Å². The minimum absolute atomic E-state index is 0.240.